The highest BCUT2D eigenvalue weighted by Crippen LogP contribution is 2.44. The third-order valence-corrected chi connectivity index (χ3v) is 9.03. The molecule has 0 spiro atoms. The van der Waals surface area contributed by atoms with Gasteiger partial charge in [-0.15, -0.1) is 0 Å². The molecular formula is C43H27N. The third-order valence-electron chi connectivity index (χ3n) is 9.03. The Bertz CT molecular complexity index is 2500. The zero-order valence-electron chi connectivity index (χ0n) is 24.0. The number of nitrogens with zero attached hydrogens (tertiary/aromatic N) is 1. The summed E-state index contributed by atoms with van der Waals surface area (Å²) in [6.45, 7) is 0. The van der Waals surface area contributed by atoms with Crippen LogP contribution >= 0.6 is 0 Å². The fourth-order valence-corrected chi connectivity index (χ4v) is 6.90. The zero-order valence-corrected chi connectivity index (χ0v) is 24.0. The minimum absolute atomic E-state index is 1.03. The molecule has 0 atom stereocenters. The van der Waals surface area contributed by atoms with Gasteiger partial charge in [0.05, 0.1) is 5.52 Å². The first-order valence-corrected chi connectivity index (χ1v) is 15.1. The van der Waals surface area contributed by atoms with Gasteiger partial charge in [-0.3, -0.25) is 4.98 Å². The van der Waals surface area contributed by atoms with E-state index in [2.05, 4.69) is 158 Å². The van der Waals surface area contributed by atoms with E-state index in [0.717, 1.165) is 5.52 Å². The van der Waals surface area contributed by atoms with Crippen LogP contribution in [0.25, 0.3) is 87.4 Å². The first kappa shape index (κ1) is 24.8. The van der Waals surface area contributed by atoms with Crippen molar-refractivity contribution >= 4 is 54.0 Å². The van der Waals surface area contributed by atoms with Crippen LogP contribution in [0, 0.1) is 0 Å². The van der Waals surface area contributed by atoms with Crippen LogP contribution in [0.2, 0.25) is 0 Å². The maximum atomic E-state index is 5.00. The summed E-state index contributed by atoms with van der Waals surface area (Å²) in [5, 5.41) is 11.1. The molecule has 44 heavy (non-hydrogen) atoms. The molecule has 8 aromatic carbocycles. The molecule has 0 fully saturated rings. The van der Waals surface area contributed by atoms with Crippen molar-refractivity contribution in [2.24, 2.45) is 0 Å². The van der Waals surface area contributed by atoms with Crippen molar-refractivity contribution < 1.29 is 0 Å². The lowest BCUT2D eigenvalue weighted by molar-refractivity contribution is 1.42. The molecule has 0 unspecified atom stereocenters. The lowest BCUT2D eigenvalue weighted by atomic mass is 9.87. The lowest BCUT2D eigenvalue weighted by Crippen LogP contribution is -1.93. The Kier molecular flexibility index (Phi) is 5.57. The van der Waals surface area contributed by atoms with E-state index in [-0.39, 0.29) is 0 Å². The van der Waals surface area contributed by atoms with E-state index >= 15 is 0 Å². The summed E-state index contributed by atoms with van der Waals surface area (Å²) in [6.07, 6.45) is 1.92. The molecule has 1 aromatic heterocycles. The quantitative estimate of drug-likeness (QED) is 0.197. The number of hydrogen-bond donors (Lipinski definition) is 0. The van der Waals surface area contributed by atoms with Gasteiger partial charge in [0.2, 0.25) is 0 Å². The van der Waals surface area contributed by atoms with Gasteiger partial charge in [0, 0.05) is 17.1 Å². The van der Waals surface area contributed by atoms with Crippen molar-refractivity contribution in [2.45, 2.75) is 0 Å². The second kappa shape index (κ2) is 9.90. The highest BCUT2D eigenvalue weighted by Gasteiger charge is 2.18. The summed E-state index contributed by atoms with van der Waals surface area (Å²) in [5.74, 6) is 0. The lowest BCUT2D eigenvalue weighted by Gasteiger charge is -2.17. The summed E-state index contributed by atoms with van der Waals surface area (Å²) in [4.78, 5) is 5.00. The number of hydrogen-bond acceptors (Lipinski definition) is 1. The second-order valence-electron chi connectivity index (χ2n) is 11.6. The summed E-state index contributed by atoms with van der Waals surface area (Å²) >= 11 is 0. The van der Waals surface area contributed by atoms with Crippen LogP contribution in [-0.4, -0.2) is 4.98 Å². The molecule has 0 bridgehead atoms. The molecule has 0 saturated carbocycles. The molecule has 9 aromatic rings. The highest BCUT2D eigenvalue weighted by atomic mass is 14.7. The molecule has 0 aliphatic carbocycles. The smallest absolute Gasteiger partial charge is 0.0792 e. The minimum Gasteiger partial charge on any atom is -0.256 e. The predicted molar refractivity (Wildman–Crippen MR) is 188 cm³/mol. The first-order chi connectivity index (χ1) is 21.8. The van der Waals surface area contributed by atoms with Crippen LogP contribution < -0.4 is 0 Å². The molecule has 0 aliphatic rings. The highest BCUT2D eigenvalue weighted by molar-refractivity contribution is 6.21. The molecular weight excluding hydrogens is 530 g/mol. The van der Waals surface area contributed by atoms with E-state index in [0.29, 0.717) is 0 Å². The molecule has 0 aliphatic heterocycles. The van der Waals surface area contributed by atoms with Crippen molar-refractivity contribution in [3.8, 4) is 33.4 Å². The minimum atomic E-state index is 1.03. The van der Waals surface area contributed by atoms with Gasteiger partial charge in [0.25, 0.3) is 0 Å². The number of rotatable bonds is 3. The number of aromatic nitrogens is 1. The van der Waals surface area contributed by atoms with E-state index in [1.165, 1.54) is 81.9 Å². The Morgan fingerprint density at radius 2 is 0.705 bits per heavy atom. The molecule has 204 valence electrons. The monoisotopic (exact) mass is 557 g/mol. The van der Waals surface area contributed by atoms with Crippen molar-refractivity contribution in [3.63, 3.8) is 0 Å². The zero-order chi connectivity index (χ0) is 29.0. The average molecular weight is 558 g/mol. The van der Waals surface area contributed by atoms with Crippen molar-refractivity contribution in [3.05, 3.63) is 164 Å². The maximum Gasteiger partial charge on any atom is 0.0792 e. The first-order valence-electron chi connectivity index (χ1n) is 15.1. The predicted octanol–water partition coefficient (Wildman–Crippen LogP) is 11.8. The number of fused-ring (bicyclic) bond motifs is 5. The van der Waals surface area contributed by atoms with E-state index in [1.54, 1.807) is 0 Å². The van der Waals surface area contributed by atoms with E-state index in [4.69, 9.17) is 4.98 Å². The molecule has 9 rings (SSSR count). The SMILES string of the molecule is c1ccc2cc(-c3ccc4cc(-c5c6ccccc6c(-c6ccc7ccccc7c6)c6ncccc56)ccc4c3)ccc2c1. The Hall–Kier alpha value is -5.79. The van der Waals surface area contributed by atoms with Crippen LogP contribution in [0.15, 0.2) is 164 Å². The fraction of sp³-hybridized carbons (Fsp3) is 0. The summed E-state index contributed by atoms with van der Waals surface area (Å²) in [5.41, 5.74) is 8.31. The Labute approximate surface area is 255 Å². The van der Waals surface area contributed by atoms with Gasteiger partial charge in [0.15, 0.2) is 0 Å². The van der Waals surface area contributed by atoms with Gasteiger partial charge < -0.3 is 0 Å². The Morgan fingerprint density at radius 3 is 1.32 bits per heavy atom. The van der Waals surface area contributed by atoms with Crippen molar-refractivity contribution in [1.29, 1.82) is 0 Å². The van der Waals surface area contributed by atoms with Crippen molar-refractivity contribution in [1.82, 2.24) is 4.98 Å². The molecule has 0 amide bonds. The molecule has 1 heterocycles. The van der Waals surface area contributed by atoms with Crippen LogP contribution in [0.1, 0.15) is 0 Å². The van der Waals surface area contributed by atoms with E-state index in [9.17, 15) is 0 Å². The van der Waals surface area contributed by atoms with Gasteiger partial charge in [-0.1, -0.05) is 127 Å². The van der Waals surface area contributed by atoms with Crippen LogP contribution in [0.4, 0.5) is 0 Å². The topological polar surface area (TPSA) is 12.9 Å². The molecule has 0 N–H and O–H groups in total. The molecule has 1 nitrogen and oxygen atoms in total. The normalized spacial score (nSPS) is 11.6. The summed E-state index contributed by atoms with van der Waals surface area (Å²) in [6, 6.07) is 57.3. The molecule has 0 saturated heterocycles. The number of pyridine rings is 1. The van der Waals surface area contributed by atoms with Gasteiger partial charge in [-0.25, -0.2) is 0 Å². The van der Waals surface area contributed by atoms with E-state index < -0.39 is 0 Å². The van der Waals surface area contributed by atoms with Gasteiger partial charge in [-0.2, -0.15) is 0 Å². The van der Waals surface area contributed by atoms with Gasteiger partial charge in [0.1, 0.15) is 0 Å². The molecule has 0 radical (unpaired) electrons. The average Bonchev–Trinajstić information content (AvgIpc) is 3.09. The van der Waals surface area contributed by atoms with E-state index in [1.807, 2.05) is 6.20 Å². The Balaban J connectivity index is 1.23. The van der Waals surface area contributed by atoms with Crippen LogP contribution in [-0.2, 0) is 0 Å². The molecule has 1 heteroatoms. The third kappa shape index (κ3) is 3.98. The summed E-state index contributed by atoms with van der Waals surface area (Å²) in [7, 11) is 0. The van der Waals surface area contributed by atoms with Crippen LogP contribution in [0.3, 0.4) is 0 Å². The standard InChI is InChI=1S/C43H27N/c1-3-10-30-24-32(17-15-28(30)8-1)33-18-19-35-27-36(22-20-34(35)25-33)41-38-12-5-6-13-39(38)42(43-40(41)14-7-23-44-43)37-21-16-29-9-2-4-11-31(29)26-37/h1-27H. The maximum absolute atomic E-state index is 5.00. The second-order valence-corrected chi connectivity index (χ2v) is 11.6. The summed E-state index contributed by atoms with van der Waals surface area (Å²) < 4.78 is 0. The fourth-order valence-electron chi connectivity index (χ4n) is 6.90. The van der Waals surface area contributed by atoms with Gasteiger partial charge in [-0.05, 0) is 101 Å². The van der Waals surface area contributed by atoms with Crippen LogP contribution in [0.5, 0.6) is 0 Å². The number of benzene rings is 8. The Morgan fingerprint density at radius 1 is 0.295 bits per heavy atom. The van der Waals surface area contributed by atoms with Crippen molar-refractivity contribution in [2.75, 3.05) is 0 Å². The largest absolute Gasteiger partial charge is 0.256 e. The van der Waals surface area contributed by atoms with Gasteiger partial charge >= 0.3 is 0 Å².